The fourth-order valence-corrected chi connectivity index (χ4v) is 2.33. The summed E-state index contributed by atoms with van der Waals surface area (Å²) in [6.07, 6.45) is 0. The van der Waals surface area contributed by atoms with Gasteiger partial charge in [0, 0.05) is 13.1 Å². The Morgan fingerprint density at radius 2 is 1.79 bits per heavy atom. The van der Waals surface area contributed by atoms with Gasteiger partial charge in [-0.2, -0.15) is 0 Å². The Kier molecular flexibility index (Phi) is 9.22. The first kappa shape index (κ1) is 20.3. The van der Waals surface area contributed by atoms with Crippen molar-refractivity contribution in [3.63, 3.8) is 0 Å². The predicted molar refractivity (Wildman–Crippen MR) is 111 cm³/mol. The molecule has 0 unspecified atom stereocenters. The predicted octanol–water partition coefficient (Wildman–Crippen LogP) is 3.88. The molecule has 2 N–H and O–H groups in total. The first-order valence-corrected chi connectivity index (χ1v) is 7.92. The van der Waals surface area contributed by atoms with Crippen molar-refractivity contribution in [2.45, 2.75) is 26.9 Å². The second-order valence-electron chi connectivity index (χ2n) is 5.34. The lowest BCUT2D eigenvalue weighted by molar-refractivity contribution is 0.411. The minimum atomic E-state index is 0. The van der Waals surface area contributed by atoms with Gasteiger partial charge in [-0.15, -0.1) is 24.0 Å². The number of aryl methyl sites for hydroxylation is 1. The Balaban J connectivity index is 0.00000288. The van der Waals surface area contributed by atoms with Crippen LogP contribution >= 0.6 is 24.0 Å². The SMILES string of the molecule is CCNC(=NCc1ccc(OC)c(C)c1)NCc1ccccc1.I. The van der Waals surface area contributed by atoms with Gasteiger partial charge in [0.1, 0.15) is 5.75 Å². The second kappa shape index (κ2) is 10.9. The van der Waals surface area contributed by atoms with E-state index in [1.165, 1.54) is 11.1 Å². The summed E-state index contributed by atoms with van der Waals surface area (Å²) in [5, 5.41) is 6.63. The normalized spacial score (nSPS) is 10.7. The quantitative estimate of drug-likeness (QED) is 0.408. The highest BCUT2D eigenvalue weighted by molar-refractivity contribution is 14.0. The molecule has 0 aliphatic carbocycles. The van der Waals surface area contributed by atoms with Crippen LogP contribution in [0.15, 0.2) is 53.5 Å². The minimum Gasteiger partial charge on any atom is -0.496 e. The summed E-state index contributed by atoms with van der Waals surface area (Å²) in [6.45, 7) is 6.34. The summed E-state index contributed by atoms with van der Waals surface area (Å²) >= 11 is 0. The van der Waals surface area contributed by atoms with Crippen molar-refractivity contribution in [3.05, 3.63) is 65.2 Å². The molecule has 0 radical (unpaired) electrons. The number of halogens is 1. The van der Waals surface area contributed by atoms with Gasteiger partial charge in [-0.3, -0.25) is 0 Å². The average Bonchev–Trinajstić information content (AvgIpc) is 2.58. The van der Waals surface area contributed by atoms with Crippen molar-refractivity contribution in [1.82, 2.24) is 10.6 Å². The molecule has 0 amide bonds. The van der Waals surface area contributed by atoms with Crippen molar-refractivity contribution >= 4 is 29.9 Å². The van der Waals surface area contributed by atoms with Crippen LogP contribution in [0.4, 0.5) is 0 Å². The number of benzene rings is 2. The van der Waals surface area contributed by atoms with Gasteiger partial charge in [-0.25, -0.2) is 4.99 Å². The third-order valence-corrected chi connectivity index (χ3v) is 3.53. The van der Waals surface area contributed by atoms with Gasteiger partial charge < -0.3 is 15.4 Å². The lowest BCUT2D eigenvalue weighted by atomic mass is 10.1. The molecule has 4 nitrogen and oxygen atoms in total. The third-order valence-electron chi connectivity index (χ3n) is 3.53. The highest BCUT2D eigenvalue weighted by atomic mass is 127. The zero-order chi connectivity index (χ0) is 16.5. The Morgan fingerprint density at radius 1 is 1.04 bits per heavy atom. The Bertz CT molecular complexity index is 644. The zero-order valence-electron chi connectivity index (χ0n) is 14.5. The van der Waals surface area contributed by atoms with E-state index in [9.17, 15) is 0 Å². The van der Waals surface area contributed by atoms with E-state index in [0.29, 0.717) is 6.54 Å². The Morgan fingerprint density at radius 3 is 2.42 bits per heavy atom. The molecule has 2 aromatic rings. The molecule has 0 atom stereocenters. The van der Waals surface area contributed by atoms with Crippen LogP contribution in [0.1, 0.15) is 23.6 Å². The molecule has 0 bridgehead atoms. The number of guanidine groups is 1. The molecule has 2 rings (SSSR count). The first-order valence-electron chi connectivity index (χ1n) is 7.92. The molecule has 0 heterocycles. The average molecular weight is 439 g/mol. The van der Waals surface area contributed by atoms with Gasteiger partial charge in [0.25, 0.3) is 0 Å². The van der Waals surface area contributed by atoms with E-state index in [1.54, 1.807) is 7.11 Å². The van der Waals surface area contributed by atoms with Gasteiger partial charge in [0.2, 0.25) is 0 Å². The molecule has 5 heteroatoms. The summed E-state index contributed by atoms with van der Waals surface area (Å²) in [6, 6.07) is 16.5. The fraction of sp³-hybridized carbons (Fsp3) is 0.316. The third kappa shape index (κ3) is 6.39. The maximum absolute atomic E-state index is 5.29. The highest BCUT2D eigenvalue weighted by Crippen LogP contribution is 2.18. The molecular weight excluding hydrogens is 413 g/mol. The fourth-order valence-electron chi connectivity index (χ4n) is 2.33. The van der Waals surface area contributed by atoms with Gasteiger partial charge in [-0.1, -0.05) is 42.5 Å². The first-order chi connectivity index (χ1) is 11.2. The van der Waals surface area contributed by atoms with Gasteiger partial charge in [0.05, 0.1) is 13.7 Å². The van der Waals surface area contributed by atoms with E-state index in [4.69, 9.17) is 4.74 Å². The molecule has 0 aliphatic heterocycles. The number of nitrogens with one attached hydrogen (secondary N) is 2. The molecule has 0 fully saturated rings. The summed E-state index contributed by atoms with van der Waals surface area (Å²) in [5.41, 5.74) is 3.53. The lowest BCUT2D eigenvalue weighted by Crippen LogP contribution is -2.36. The zero-order valence-corrected chi connectivity index (χ0v) is 16.8. The maximum Gasteiger partial charge on any atom is 0.191 e. The van der Waals surface area contributed by atoms with E-state index >= 15 is 0 Å². The number of hydrogen-bond acceptors (Lipinski definition) is 2. The van der Waals surface area contributed by atoms with Crippen LogP contribution in [-0.4, -0.2) is 19.6 Å². The number of ether oxygens (including phenoxy) is 1. The van der Waals surface area contributed by atoms with Gasteiger partial charge in [0.15, 0.2) is 5.96 Å². The highest BCUT2D eigenvalue weighted by Gasteiger charge is 2.01. The molecule has 2 aromatic carbocycles. The Hall–Kier alpha value is -1.76. The van der Waals surface area contributed by atoms with Gasteiger partial charge >= 0.3 is 0 Å². The van der Waals surface area contributed by atoms with E-state index in [-0.39, 0.29) is 24.0 Å². The molecule has 0 aliphatic rings. The van der Waals surface area contributed by atoms with Crippen LogP contribution in [0.25, 0.3) is 0 Å². The van der Waals surface area contributed by atoms with Crippen LogP contribution < -0.4 is 15.4 Å². The monoisotopic (exact) mass is 439 g/mol. The van der Waals surface area contributed by atoms with E-state index in [0.717, 1.165) is 30.4 Å². The van der Waals surface area contributed by atoms with Crippen LogP contribution in [0.2, 0.25) is 0 Å². The largest absolute Gasteiger partial charge is 0.496 e. The lowest BCUT2D eigenvalue weighted by Gasteiger charge is -2.12. The van der Waals surface area contributed by atoms with Crippen molar-refractivity contribution in [2.24, 2.45) is 4.99 Å². The molecule has 0 saturated carbocycles. The number of methoxy groups -OCH3 is 1. The maximum atomic E-state index is 5.29. The summed E-state index contributed by atoms with van der Waals surface area (Å²) in [4.78, 5) is 4.65. The van der Waals surface area contributed by atoms with Crippen molar-refractivity contribution in [3.8, 4) is 5.75 Å². The number of hydrogen-bond donors (Lipinski definition) is 2. The van der Waals surface area contributed by atoms with Crippen molar-refractivity contribution in [1.29, 1.82) is 0 Å². The molecule has 0 spiro atoms. The van der Waals surface area contributed by atoms with Crippen LogP contribution in [0, 0.1) is 6.92 Å². The minimum absolute atomic E-state index is 0. The summed E-state index contributed by atoms with van der Waals surface area (Å²) in [7, 11) is 1.69. The molecule has 24 heavy (non-hydrogen) atoms. The molecular formula is C19H26IN3O. The molecule has 0 saturated heterocycles. The number of aliphatic imine (C=N–C) groups is 1. The summed E-state index contributed by atoms with van der Waals surface area (Å²) in [5.74, 6) is 1.73. The van der Waals surface area contributed by atoms with Crippen molar-refractivity contribution in [2.75, 3.05) is 13.7 Å². The van der Waals surface area contributed by atoms with E-state index < -0.39 is 0 Å². The number of rotatable bonds is 6. The van der Waals surface area contributed by atoms with Crippen LogP contribution in [-0.2, 0) is 13.1 Å². The summed E-state index contributed by atoms with van der Waals surface area (Å²) < 4.78 is 5.29. The molecule has 0 aromatic heterocycles. The topological polar surface area (TPSA) is 45.7 Å². The smallest absolute Gasteiger partial charge is 0.191 e. The standard InChI is InChI=1S/C19H25N3O.HI/c1-4-20-19(21-13-16-8-6-5-7-9-16)22-14-17-10-11-18(23-3)15(2)12-17;/h5-12H,4,13-14H2,1-3H3,(H2,20,21,22);1H. The van der Waals surface area contributed by atoms with Crippen LogP contribution in [0.5, 0.6) is 5.75 Å². The van der Waals surface area contributed by atoms with Crippen LogP contribution in [0.3, 0.4) is 0 Å². The van der Waals surface area contributed by atoms with E-state index in [1.807, 2.05) is 31.2 Å². The van der Waals surface area contributed by atoms with E-state index in [2.05, 4.69) is 46.8 Å². The number of nitrogens with zero attached hydrogens (tertiary/aromatic N) is 1. The molecule has 130 valence electrons. The second-order valence-corrected chi connectivity index (χ2v) is 5.34. The van der Waals surface area contributed by atoms with Gasteiger partial charge in [-0.05, 0) is 36.6 Å². The Labute approximate surface area is 161 Å². The van der Waals surface area contributed by atoms with Crippen molar-refractivity contribution < 1.29 is 4.74 Å².